The smallest absolute Gasteiger partial charge is 0.341 e. The molecule has 0 aliphatic carbocycles. The van der Waals surface area contributed by atoms with E-state index < -0.39 is 11.6 Å². The van der Waals surface area contributed by atoms with Gasteiger partial charge in [-0.3, -0.25) is 4.79 Å². The Hall–Kier alpha value is -2.08. The number of methoxy groups -OCH3 is 1. The summed E-state index contributed by atoms with van der Waals surface area (Å²) in [6.45, 7) is 8.39. The number of rotatable bonds is 12. The number of nitrogens with one attached hydrogen (secondary N) is 1. The number of carbonyl (C=O) groups excluding carboxylic acids is 2. The van der Waals surface area contributed by atoms with Gasteiger partial charge in [-0.2, -0.15) is 0 Å². The lowest BCUT2D eigenvalue weighted by Gasteiger charge is -2.27. The molecular weight excluding hydrogens is 346 g/mol. The second kappa shape index (κ2) is 11.6. The Morgan fingerprint density at radius 1 is 1.11 bits per heavy atom. The molecule has 1 N–H and O–H groups in total. The van der Waals surface area contributed by atoms with E-state index in [1.54, 1.807) is 32.0 Å². The van der Waals surface area contributed by atoms with Crippen molar-refractivity contribution in [3.8, 4) is 5.75 Å². The first-order chi connectivity index (χ1) is 12.9. The molecule has 0 aromatic heterocycles. The van der Waals surface area contributed by atoms with Gasteiger partial charge in [-0.1, -0.05) is 33.1 Å². The van der Waals surface area contributed by atoms with Crippen LogP contribution in [0.4, 0.5) is 5.69 Å². The maximum absolute atomic E-state index is 12.7. The molecule has 0 bridgehead atoms. The number of hydrogen-bond donors (Lipinski definition) is 1. The summed E-state index contributed by atoms with van der Waals surface area (Å²) >= 11 is 0. The van der Waals surface area contributed by atoms with Crippen molar-refractivity contribution >= 4 is 17.6 Å². The maximum Gasteiger partial charge on any atom is 0.341 e. The Kier molecular flexibility index (Phi) is 9.86. The Morgan fingerprint density at radius 3 is 2.44 bits per heavy atom. The fourth-order valence-corrected chi connectivity index (χ4v) is 2.60. The molecule has 0 unspecified atom stereocenters. The lowest BCUT2D eigenvalue weighted by atomic mass is 9.96. The van der Waals surface area contributed by atoms with Crippen LogP contribution >= 0.6 is 0 Å². The number of anilines is 1. The van der Waals surface area contributed by atoms with Gasteiger partial charge in [0, 0.05) is 12.8 Å². The topological polar surface area (TPSA) is 73.9 Å². The highest BCUT2D eigenvalue weighted by Gasteiger charge is 2.32. The summed E-state index contributed by atoms with van der Waals surface area (Å²) in [6.07, 6.45) is 4.48. The average Bonchev–Trinajstić information content (AvgIpc) is 2.67. The van der Waals surface area contributed by atoms with Gasteiger partial charge in [0.15, 0.2) is 0 Å². The van der Waals surface area contributed by atoms with Crippen LogP contribution in [0.15, 0.2) is 18.2 Å². The second-order valence-electron chi connectivity index (χ2n) is 6.63. The molecule has 27 heavy (non-hydrogen) atoms. The van der Waals surface area contributed by atoms with Crippen molar-refractivity contribution in [2.45, 2.75) is 65.4 Å². The maximum atomic E-state index is 12.7. The Bertz CT molecular complexity index is 617. The summed E-state index contributed by atoms with van der Waals surface area (Å²) in [4.78, 5) is 25.0. The second-order valence-corrected chi connectivity index (χ2v) is 6.63. The molecule has 6 heteroatoms. The summed E-state index contributed by atoms with van der Waals surface area (Å²) in [5, 5.41) is 2.85. The Morgan fingerprint density at radius 2 is 1.85 bits per heavy atom. The molecule has 0 aliphatic heterocycles. The van der Waals surface area contributed by atoms with Gasteiger partial charge in [0.05, 0.1) is 13.2 Å². The van der Waals surface area contributed by atoms with Gasteiger partial charge in [0.1, 0.15) is 16.9 Å². The number of ether oxygens (including phenoxy) is 3. The third-order valence-electron chi connectivity index (χ3n) is 4.38. The molecule has 0 saturated heterocycles. The van der Waals surface area contributed by atoms with E-state index in [-0.39, 0.29) is 12.5 Å². The first kappa shape index (κ1) is 23.0. The van der Waals surface area contributed by atoms with Gasteiger partial charge in [0.25, 0.3) is 5.91 Å². The predicted octanol–water partition coefficient (Wildman–Crippen LogP) is 4.58. The third kappa shape index (κ3) is 6.86. The largest absolute Gasteiger partial charge is 0.493 e. The minimum absolute atomic E-state index is 0.238. The Balaban J connectivity index is 2.99. The summed E-state index contributed by atoms with van der Waals surface area (Å²) < 4.78 is 16.2. The molecule has 0 fully saturated rings. The van der Waals surface area contributed by atoms with Crippen molar-refractivity contribution < 1.29 is 23.8 Å². The minimum atomic E-state index is -0.920. The van der Waals surface area contributed by atoms with Crippen LogP contribution in [0.5, 0.6) is 5.75 Å². The van der Waals surface area contributed by atoms with Crippen molar-refractivity contribution in [2.75, 3.05) is 25.6 Å². The molecule has 0 spiro atoms. The number of amides is 1. The van der Waals surface area contributed by atoms with E-state index in [9.17, 15) is 9.59 Å². The van der Waals surface area contributed by atoms with Gasteiger partial charge in [-0.25, -0.2) is 4.79 Å². The van der Waals surface area contributed by atoms with Crippen molar-refractivity contribution in [1.82, 2.24) is 0 Å². The summed E-state index contributed by atoms with van der Waals surface area (Å²) in [5.74, 6) is -0.263. The molecule has 1 atom stereocenters. The molecule has 0 aliphatic rings. The molecule has 1 rings (SSSR count). The molecular formula is C21H33NO5. The fourth-order valence-electron chi connectivity index (χ4n) is 2.60. The quantitative estimate of drug-likeness (QED) is 0.425. The predicted molar refractivity (Wildman–Crippen MR) is 106 cm³/mol. The molecule has 1 amide bonds. The van der Waals surface area contributed by atoms with Crippen LogP contribution in [0, 0.1) is 0 Å². The summed E-state index contributed by atoms with van der Waals surface area (Å²) in [6, 6.07) is 4.98. The highest BCUT2D eigenvalue weighted by atomic mass is 16.5. The van der Waals surface area contributed by atoms with Gasteiger partial charge >= 0.3 is 5.97 Å². The number of unbranched alkanes of at least 4 members (excludes halogenated alkanes) is 2. The van der Waals surface area contributed by atoms with Crippen molar-refractivity contribution in [3.63, 3.8) is 0 Å². The lowest BCUT2D eigenvalue weighted by molar-refractivity contribution is -0.136. The monoisotopic (exact) mass is 379 g/mol. The molecule has 1 aromatic rings. The number of carbonyl (C=O) groups is 2. The van der Waals surface area contributed by atoms with Gasteiger partial charge < -0.3 is 19.5 Å². The number of hydrogen-bond acceptors (Lipinski definition) is 5. The van der Waals surface area contributed by atoms with Crippen molar-refractivity contribution in [2.24, 2.45) is 0 Å². The van der Waals surface area contributed by atoms with E-state index in [1.165, 1.54) is 7.11 Å². The van der Waals surface area contributed by atoms with Crippen molar-refractivity contribution in [3.05, 3.63) is 23.8 Å². The highest BCUT2D eigenvalue weighted by molar-refractivity contribution is 5.99. The first-order valence-corrected chi connectivity index (χ1v) is 9.72. The Labute approximate surface area is 162 Å². The van der Waals surface area contributed by atoms with E-state index in [4.69, 9.17) is 14.2 Å². The van der Waals surface area contributed by atoms with E-state index in [0.29, 0.717) is 30.0 Å². The highest BCUT2D eigenvalue weighted by Crippen LogP contribution is 2.26. The van der Waals surface area contributed by atoms with Crippen LogP contribution in [-0.4, -0.2) is 37.8 Å². The minimum Gasteiger partial charge on any atom is -0.493 e. The van der Waals surface area contributed by atoms with E-state index in [0.717, 1.165) is 25.7 Å². The normalized spacial score (nSPS) is 12.9. The van der Waals surface area contributed by atoms with Crippen LogP contribution in [0.2, 0.25) is 0 Å². The first-order valence-electron chi connectivity index (χ1n) is 9.72. The van der Waals surface area contributed by atoms with E-state index in [2.05, 4.69) is 12.2 Å². The van der Waals surface area contributed by atoms with Crippen LogP contribution in [-0.2, 0) is 14.3 Å². The standard InChI is InChI=1S/C21H33NO5/c1-6-9-10-13-21(4,25-5)20(24)22-16-11-12-18(27-14-7-2)17(15-16)19(23)26-8-3/h11-12,15H,6-10,13-14H2,1-5H3,(H,22,24)/t21-/m1/s1. The van der Waals surface area contributed by atoms with Crippen LogP contribution in [0.25, 0.3) is 0 Å². The third-order valence-corrected chi connectivity index (χ3v) is 4.38. The molecule has 0 radical (unpaired) electrons. The van der Waals surface area contributed by atoms with Gasteiger partial charge in [-0.15, -0.1) is 0 Å². The molecule has 0 heterocycles. The van der Waals surface area contributed by atoms with Crippen LogP contribution in [0.1, 0.15) is 70.2 Å². The van der Waals surface area contributed by atoms with Crippen LogP contribution < -0.4 is 10.1 Å². The van der Waals surface area contributed by atoms with E-state index in [1.807, 2.05) is 6.92 Å². The van der Waals surface area contributed by atoms with E-state index >= 15 is 0 Å². The molecule has 6 nitrogen and oxygen atoms in total. The zero-order chi connectivity index (χ0) is 20.3. The number of esters is 1. The SMILES string of the molecule is CCCCC[C@@](C)(OC)C(=O)Nc1ccc(OCCC)c(C(=O)OCC)c1. The van der Waals surface area contributed by atoms with Crippen LogP contribution in [0.3, 0.4) is 0 Å². The summed E-state index contributed by atoms with van der Waals surface area (Å²) in [7, 11) is 1.54. The zero-order valence-electron chi connectivity index (χ0n) is 17.2. The van der Waals surface area contributed by atoms with Gasteiger partial charge in [0.2, 0.25) is 0 Å². The number of benzene rings is 1. The molecule has 1 aromatic carbocycles. The fraction of sp³-hybridized carbons (Fsp3) is 0.619. The van der Waals surface area contributed by atoms with Crippen molar-refractivity contribution in [1.29, 1.82) is 0 Å². The molecule has 152 valence electrons. The average molecular weight is 379 g/mol. The summed E-state index contributed by atoms with van der Waals surface area (Å²) in [5.41, 5.74) is -0.115. The van der Waals surface area contributed by atoms with Gasteiger partial charge in [-0.05, 0) is 44.9 Å². The zero-order valence-corrected chi connectivity index (χ0v) is 17.2. The lowest BCUT2D eigenvalue weighted by Crippen LogP contribution is -2.42. The molecule has 0 saturated carbocycles.